The van der Waals surface area contributed by atoms with Gasteiger partial charge in [0, 0.05) is 25.9 Å². The minimum absolute atomic E-state index is 0.102. The molecule has 1 aliphatic carbocycles. The number of carbonyl (C=O) groups is 1. The summed E-state index contributed by atoms with van der Waals surface area (Å²) in [6.07, 6.45) is -0.238. The largest absolute Gasteiger partial charge is 0.487 e. The van der Waals surface area contributed by atoms with Gasteiger partial charge < -0.3 is 9.64 Å². The van der Waals surface area contributed by atoms with Gasteiger partial charge >= 0.3 is 0 Å². The van der Waals surface area contributed by atoms with Crippen LogP contribution in [0.25, 0.3) is 0 Å². The molecule has 2 aliphatic rings. The highest BCUT2D eigenvalue weighted by Gasteiger charge is 2.46. The van der Waals surface area contributed by atoms with Crippen LogP contribution in [0.5, 0.6) is 5.75 Å². The van der Waals surface area contributed by atoms with Crippen LogP contribution in [-0.4, -0.2) is 39.6 Å². The summed E-state index contributed by atoms with van der Waals surface area (Å²) in [5, 5.41) is 4.41. The molecule has 0 unspecified atom stereocenters. The maximum atomic E-state index is 13.0. The van der Waals surface area contributed by atoms with E-state index in [-0.39, 0.29) is 31.3 Å². The van der Waals surface area contributed by atoms with Gasteiger partial charge in [0.25, 0.3) is 5.91 Å². The molecule has 1 amide bonds. The highest BCUT2D eigenvalue weighted by Crippen LogP contribution is 2.42. The maximum Gasteiger partial charge on any atom is 0.272 e. The average molecular weight is 347 g/mol. The zero-order valence-corrected chi connectivity index (χ0v) is 13.7. The van der Waals surface area contributed by atoms with Gasteiger partial charge in [-0.2, -0.15) is 5.10 Å². The van der Waals surface area contributed by atoms with E-state index in [2.05, 4.69) is 5.10 Å². The first-order chi connectivity index (χ1) is 12.0. The molecule has 25 heavy (non-hydrogen) atoms. The molecule has 1 fully saturated rings. The molecule has 0 saturated heterocycles. The van der Waals surface area contributed by atoms with Gasteiger partial charge in [-0.1, -0.05) is 18.2 Å². The second kappa shape index (κ2) is 6.13. The molecule has 0 spiro atoms. The van der Waals surface area contributed by atoms with Crippen LogP contribution < -0.4 is 4.74 Å². The predicted molar refractivity (Wildman–Crippen MR) is 86.6 cm³/mol. The first kappa shape index (κ1) is 16.1. The third kappa shape index (κ3) is 3.36. The number of nitrogens with zero attached hydrogens (tertiary/aromatic N) is 3. The molecule has 1 saturated carbocycles. The van der Waals surface area contributed by atoms with E-state index < -0.39 is 5.92 Å². The van der Waals surface area contributed by atoms with Crippen LogP contribution in [0.4, 0.5) is 8.78 Å². The molecule has 7 heteroatoms. The number of aromatic nitrogens is 2. The van der Waals surface area contributed by atoms with Crippen LogP contribution >= 0.6 is 0 Å². The van der Waals surface area contributed by atoms with Crippen molar-refractivity contribution >= 4 is 5.91 Å². The molecule has 2 heterocycles. The van der Waals surface area contributed by atoms with Crippen molar-refractivity contribution in [1.29, 1.82) is 0 Å². The van der Waals surface area contributed by atoms with E-state index in [1.54, 1.807) is 15.6 Å². The highest BCUT2D eigenvalue weighted by molar-refractivity contribution is 5.93. The molecule has 5 nitrogen and oxygen atoms in total. The van der Waals surface area contributed by atoms with E-state index in [1.807, 2.05) is 30.3 Å². The van der Waals surface area contributed by atoms with E-state index >= 15 is 0 Å². The Morgan fingerprint density at radius 2 is 1.96 bits per heavy atom. The molecule has 0 N–H and O–H groups in total. The molecular formula is C18H19F2N3O2. The van der Waals surface area contributed by atoms with Gasteiger partial charge in [-0.05, 0) is 24.1 Å². The van der Waals surface area contributed by atoms with Gasteiger partial charge in [0.15, 0.2) is 0 Å². The number of carbonyl (C=O) groups excluding carboxylic acids is 1. The van der Waals surface area contributed by atoms with Gasteiger partial charge in [0.05, 0.1) is 6.54 Å². The second-order valence-electron chi connectivity index (χ2n) is 6.73. The summed E-state index contributed by atoms with van der Waals surface area (Å²) in [5.74, 6) is -2.05. The first-order valence-electron chi connectivity index (χ1n) is 8.42. The van der Waals surface area contributed by atoms with Gasteiger partial charge in [0.1, 0.15) is 23.7 Å². The minimum Gasteiger partial charge on any atom is -0.487 e. The Balaban J connectivity index is 1.39. The third-order valence-corrected chi connectivity index (χ3v) is 4.70. The Morgan fingerprint density at radius 1 is 1.20 bits per heavy atom. The molecule has 0 atom stereocenters. The number of alkyl halides is 2. The Bertz CT molecular complexity index is 768. The van der Waals surface area contributed by atoms with Crippen molar-refractivity contribution < 1.29 is 18.3 Å². The van der Waals surface area contributed by atoms with Crippen molar-refractivity contribution in [3.63, 3.8) is 0 Å². The molecule has 2 aromatic rings. The molecule has 1 aromatic carbocycles. The standard InChI is InChI=1S/C18H19F2N3O2/c19-18(20)9-13(10-18)11-22-6-7-23-16(17(22)24)8-14(21-23)12-25-15-4-2-1-3-5-15/h1-5,8,13H,6-7,9-12H2. The van der Waals surface area contributed by atoms with E-state index in [1.165, 1.54) is 0 Å². The predicted octanol–water partition coefficient (Wildman–Crippen LogP) is 2.96. The zero-order valence-electron chi connectivity index (χ0n) is 13.7. The summed E-state index contributed by atoms with van der Waals surface area (Å²) >= 11 is 0. The van der Waals surface area contributed by atoms with Crippen LogP contribution in [-0.2, 0) is 13.2 Å². The summed E-state index contributed by atoms with van der Waals surface area (Å²) in [5.41, 5.74) is 1.19. The molecule has 0 radical (unpaired) electrons. The Labute approximate surface area is 144 Å². The fourth-order valence-electron chi connectivity index (χ4n) is 3.44. The van der Waals surface area contributed by atoms with E-state index in [9.17, 15) is 13.6 Å². The lowest BCUT2D eigenvalue weighted by Crippen LogP contribution is -2.47. The molecule has 4 rings (SSSR count). The van der Waals surface area contributed by atoms with Crippen molar-refractivity contribution in [3.05, 3.63) is 47.8 Å². The lowest BCUT2D eigenvalue weighted by molar-refractivity contribution is -0.114. The van der Waals surface area contributed by atoms with Gasteiger partial charge in [-0.25, -0.2) is 8.78 Å². The average Bonchev–Trinajstić information content (AvgIpc) is 2.99. The maximum absolute atomic E-state index is 13.0. The summed E-state index contributed by atoms with van der Waals surface area (Å²) in [4.78, 5) is 14.2. The van der Waals surface area contributed by atoms with Gasteiger partial charge in [0.2, 0.25) is 5.92 Å². The van der Waals surface area contributed by atoms with Crippen molar-refractivity contribution in [2.45, 2.75) is 31.9 Å². The van der Waals surface area contributed by atoms with Gasteiger partial charge in [-0.3, -0.25) is 9.48 Å². The number of para-hydroxylation sites is 1. The number of halogens is 2. The summed E-state index contributed by atoms with van der Waals surface area (Å²) in [6.45, 7) is 1.77. The van der Waals surface area contributed by atoms with Gasteiger partial charge in [-0.15, -0.1) is 0 Å². The molecule has 132 valence electrons. The van der Waals surface area contributed by atoms with Crippen LogP contribution in [0.3, 0.4) is 0 Å². The zero-order chi connectivity index (χ0) is 17.4. The molecule has 1 aromatic heterocycles. The lowest BCUT2D eigenvalue weighted by atomic mass is 9.81. The molecular weight excluding hydrogens is 328 g/mol. The van der Waals surface area contributed by atoms with Crippen LogP contribution in [0.15, 0.2) is 36.4 Å². The third-order valence-electron chi connectivity index (χ3n) is 4.70. The van der Waals surface area contributed by atoms with E-state index in [4.69, 9.17) is 4.74 Å². The summed E-state index contributed by atoms with van der Waals surface area (Å²) in [7, 11) is 0. The minimum atomic E-state index is -2.55. The lowest BCUT2D eigenvalue weighted by Gasteiger charge is -2.39. The van der Waals surface area contributed by atoms with Crippen LogP contribution in [0.1, 0.15) is 29.0 Å². The number of rotatable bonds is 5. The fourth-order valence-corrected chi connectivity index (χ4v) is 3.44. The van der Waals surface area contributed by atoms with Crippen molar-refractivity contribution in [3.8, 4) is 5.75 Å². The number of ether oxygens (including phenoxy) is 1. The first-order valence-corrected chi connectivity index (χ1v) is 8.42. The fraction of sp³-hybridized carbons (Fsp3) is 0.444. The monoisotopic (exact) mass is 347 g/mol. The number of fused-ring (bicyclic) bond motifs is 1. The Kier molecular flexibility index (Phi) is 3.94. The summed E-state index contributed by atoms with van der Waals surface area (Å²) < 4.78 is 33.3. The van der Waals surface area contributed by atoms with Crippen molar-refractivity contribution in [2.24, 2.45) is 5.92 Å². The smallest absolute Gasteiger partial charge is 0.272 e. The summed E-state index contributed by atoms with van der Waals surface area (Å²) in [6, 6.07) is 11.1. The molecule has 0 bridgehead atoms. The SMILES string of the molecule is O=C1c2cc(COc3ccccc3)nn2CCN1CC1CC(F)(F)C1. The number of hydrogen-bond donors (Lipinski definition) is 0. The second-order valence-corrected chi connectivity index (χ2v) is 6.73. The van der Waals surface area contributed by atoms with Crippen molar-refractivity contribution in [2.75, 3.05) is 13.1 Å². The van der Waals surface area contributed by atoms with Crippen LogP contribution in [0.2, 0.25) is 0 Å². The number of amides is 1. The van der Waals surface area contributed by atoms with Crippen molar-refractivity contribution in [1.82, 2.24) is 14.7 Å². The quantitative estimate of drug-likeness (QED) is 0.835. The van der Waals surface area contributed by atoms with E-state index in [0.717, 1.165) is 5.75 Å². The normalized spacial score (nSPS) is 19.4. The number of hydrogen-bond acceptors (Lipinski definition) is 3. The van der Waals surface area contributed by atoms with E-state index in [0.29, 0.717) is 31.0 Å². The van der Waals surface area contributed by atoms with Crippen LogP contribution in [0, 0.1) is 5.92 Å². The highest BCUT2D eigenvalue weighted by atomic mass is 19.3. The Hall–Kier alpha value is -2.44. The Morgan fingerprint density at radius 3 is 2.68 bits per heavy atom. The number of benzene rings is 1. The topological polar surface area (TPSA) is 47.4 Å². The molecule has 1 aliphatic heterocycles.